The lowest BCUT2D eigenvalue weighted by molar-refractivity contribution is 0.224. The molecule has 1 aromatic carbocycles. The predicted molar refractivity (Wildman–Crippen MR) is 81.2 cm³/mol. The van der Waals surface area contributed by atoms with Gasteiger partial charge in [0, 0.05) is 18.6 Å². The van der Waals surface area contributed by atoms with Crippen LogP contribution >= 0.6 is 11.6 Å². The number of halogens is 1. The molecule has 0 saturated carbocycles. The zero-order chi connectivity index (χ0) is 14.1. The van der Waals surface area contributed by atoms with Crippen molar-refractivity contribution in [1.29, 1.82) is 0 Å². The lowest BCUT2D eigenvalue weighted by Crippen LogP contribution is -2.42. The Hall–Kier alpha value is -1.42. The van der Waals surface area contributed by atoms with Gasteiger partial charge in [0.1, 0.15) is 11.9 Å². The summed E-state index contributed by atoms with van der Waals surface area (Å²) >= 11 is 5.83. The van der Waals surface area contributed by atoms with Gasteiger partial charge in [-0.15, -0.1) is 0 Å². The van der Waals surface area contributed by atoms with E-state index in [2.05, 4.69) is 22.5 Å². The van der Waals surface area contributed by atoms with Crippen molar-refractivity contribution < 1.29 is 4.74 Å². The van der Waals surface area contributed by atoms with Crippen LogP contribution in [0.25, 0.3) is 0 Å². The van der Waals surface area contributed by atoms with E-state index in [0.717, 1.165) is 24.7 Å². The van der Waals surface area contributed by atoms with Crippen molar-refractivity contribution in [2.75, 3.05) is 20.1 Å². The maximum Gasteiger partial charge on any atom is 0.191 e. The zero-order valence-electron chi connectivity index (χ0n) is 11.7. The normalized spacial score (nSPS) is 12.9. The molecule has 5 heteroatoms. The minimum absolute atomic E-state index is 0.0429. The first-order valence-corrected chi connectivity index (χ1v) is 6.90. The van der Waals surface area contributed by atoms with Gasteiger partial charge in [-0.05, 0) is 37.6 Å². The van der Waals surface area contributed by atoms with Crippen molar-refractivity contribution in [2.45, 2.75) is 26.4 Å². The minimum Gasteiger partial charge on any atom is -0.489 e. The Kier molecular flexibility index (Phi) is 7.11. The van der Waals surface area contributed by atoms with Gasteiger partial charge in [-0.1, -0.05) is 18.5 Å². The first kappa shape index (κ1) is 15.6. The van der Waals surface area contributed by atoms with E-state index in [-0.39, 0.29) is 6.10 Å². The van der Waals surface area contributed by atoms with E-state index in [4.69, 9.17) is 16.3 Å². The van der Waals surface area contributed by atoms with Crippen LogP contribution < -0.4 is 15.4 Å². The molecule has 2 N–H and O–H groups in total. The Bertz CT molecular complexity index is 392. The summed E-state index contributed by atoms with van der Waals surface area (Å²) in [5.41, 5.74) is 0. The monoisotopic (exact) mass is 283 g/mol. The number of nitrogens with one attached hydrogen (secondary N) is 2. The maximum absolute atomic E-state index is 5.83. The molecule has 0 amide bonds. The van der Waals surface area contributed by atoms with Gasteiger partial charge in [0.15, 0.2) is 5.96 Å². The fraction of sp³-hybridized carbons (Fsp3) is 0.500. The van der Waals surface area contributed by atoms with Crippen LogP contribution in [0.4, 0.5) is 0 Å². The summed E-state index contributed by atoms with van der Waals surface area (Å²) in [5.74, 6) is 1.61. The molecule has 0 aliphatic heterocycles. The van der Waals surface area contributed by atoms with E-state index in [0.29, 0.717) is 11.6 Å². The molecule has 0 fully saturated rings. The van der Waals surface area contributed by atoms with Crippen LogP contribution in [-0.4, -0.2) is 32.2 Å². The Morgan fingerprint density at radius 1 is 1.32 bits per heavy atom. The second kappa shape index (κ2) is 8.64. The van der Waals surface area contributed by atoms with Gasteiger partial charge in [0.05, 0.1) is 6.54 Å². The Morgan fingerprint density at radius 3 is 2.58 bits per heavy atom. The van der Waals surface area contributed by atoms with Gasteiger partial charge in [-0.3, -0.25) is 4.99 Å². The van der Waals surface area contributed by atoms with E-state index in [1.165, 1.54) is 0 Å². The number of hydrogen-bond donors (Lipinski definition) is 2. The number of rotatable bonds is 6. The quantitative estimate of drug-likeness (QED) is 0.623. The first-order valence-electron chi connectivity index (χ1n) is 6.52. The van der Waals surface area contributed by atoms with Crippen LogP contribution in [0.3, 0.4) is 0 Å². The Labute approximate surface area is 120 Å². The molecule has 1 rings (SSSR count). The zero-order valence-corrected chi connectivity index (χ0v) is 12.5. The summed E-state index contributed by atoms with van der Waals surface area (Å²) in [5, 5.41) is 7.15. The van der Waals surface area contributed by atoms with E-state index < -0.39 is 0 Å². The van der Waals surface area contributed by atoms with Crippen molar-refractivity contribution in [1.82, 2.24) is 10.6 Å². The molecule has 1 atom stereocenters. The molecule has 0 spiro atoms. The van der Waals surface area contributed by atoms with Crippen molar-refractivity contribution in [3.05, 3.63) is 29.3 Å². The number of nitrogens with zero attached hydrogens (tertiary/aromatic N) is 1. The van der Waals surface area contributed by atoms with Crippen molar-refractivity contribution in [3.63, 3.8) is 0 Å². The molecule has 0 radical (unpaired) electrons. The molecule has 0 heterocycles. The van der Waals surface area contributed by atoms with E-state index in [1.807, 2.05) is 31.2 Å². The number of aliphatic imine (C=N–C) groups is 1. The number of ether oxygens (including phenoxy) is 1. The predicted octanol–water partition coefficient (Wildman–Crippen LogP) is 2.68. The topological polar surface area (TPSA) is 45.7 Å². The van der Waals surface area contributed by atoms with E-state index in [1.54, 1.807) is 7.05 Å². The lowest BCUT2D eigenvalue weighted by Gasteiger charge is -2.17. The average molecular weight is 284 g/mol. The second-order valence-electron chi connectivity index (χ2n) is 4.26. The van der Waals surface area contributed by atoms with Crippen LogP contribution in [0.15, 0.2) is 29.3 Å². The van der Waals surface area contributed by atoms with Crippen molar-refractivity contribution in [3.8, 4) is 5.75 Å². The van der Waals surface area contributed by atoms with Crippen molar-refractivity contribution >= 4 is 17.6 Å². The van der Waals surface area contributed by atoms with Gasteiger partial charge in [0.2, 0.25) is 0 Å². The third kappa shape index (κ3) is 6.34. The van der Waals surface area contributed by atoms with Crippen LogP contribution in [0, 0.1) is 0 Å². The first-order chi connectivity index (χ1) is 9.15. The number of guanidine groups is 1. The summed E-state index contributed by atoms with van der Waals surface area (Å²) in [4.78, 5) is 4.14. The highest BCUT2D eigenvalue weighted by atomic mass is 35.5. The largest absolute Gasteiger partial charge is 0.489 e. The van der Waals surface area contributed by atoms with E-state index in [9.17, 15) is 0 Å². The maximum atomic E-state index is 5.83. The fourth-order valence-corrected chi connectivity index (χ4v) is 1.62. The molecule has 1 aromatic rings. The van der Waals surface area contributed by atoms with Gasteiger partial charge >= 0.3 is 0 Å². The molecule has 106 valence electrons. The molecule has 0 aliphatic carbocycles. The van der Waals surface area contributed by atoms with Crippen LogP contribution in [-0.2, 0) is 0 Å². The average Bonchev–Trinajstić information content (AvgIpc) is 2.42. The summed E-state index contributed by atoms with van der Waals surface area (Å²) < 4.78 is 5.76. The van der Waals surface area contributed by atoms with E-state index >= 15 is 0 Å². The molecule has 19 heavy (non-hydrogen) atoms. The third-order valence-corrected chi connectivity index (χ3v) is 2.73. The van der Waals surface area contributed by atoms with Gasteiger partial charge in [-0.2, -0.15) is 0 Å². The lowest BCUT2D eigenvalue weighted by atomic mass is 10.3. The van der Waals surface area contributed by atoms with Gasteiger partial charge in [-0.25, -0.2) is 0 Å². The highest BCUT2D eigenvalue weighted by Crippen LogP contribution is 2.16. The molecule has 0 aliphatic rings. The minimum atomic E-state index is 0.0429. The third-order valence-electron chi connectivity index (χ3n) is 2.47. The molecule has 0 bridgehead atoms. The molecule has 0 saturated heterocycles. The van der Waals surface area contributed by atoms with Crippen LogP contribution in [0.2, 0.25) is 5.02 Å². The number of benzene rings is 1. The summed E-state index contributed by atoms with van der Waals surface area (Å²) in [6.45, 7) is 5.72. The molecule has 0 aromatic heterocycles. The Morgan fingerprint density at radius 2 is 2.00 bits per heavy atom. The smallest absolute Gasteiger partial charge is 0.191 e. The van der Waals surface area contributed by atoms with Crippen LogP contribution in [0.5, 0.6) is 5.75 Å². The second-order valence-corrected chi connectivity index (χ2v) is 4.70. The molecule has 4 nitrogen and oxygen atoms in total. The fourth-order valence-electron chi connectivity index (χ4n) is 1.49. The molecular weight excluding hydrogens is 262 g/mol. The number of hydrogen-bond acceptors (Lipinski definition) is 2. The molecular formula is C14H22ClN3O. The SMILES string of the molecule is CCCNC(=NC)NCC(C)Oc1ccc(Cl)cc1. The summed E-state index contributed by atoms with van der Waals surface area (Å²) in [6, 6.07) is 7.36. The highest BCUT2D eigenvalue weighted by molar-refractivity contribution is 6.30. The summed E-state index contributed by atoms with van der Waals surface area (Å²) in [6.07, 6.45) is 1.11. The molecule has 1 unspecified atom stereocenters. The van der Waals surface area contributed by atoms with Gasteiger partial charge in [0.25, 0.3) is 0 Å². The Balaban J connectivity index is 2.34. The summed E-state index contributed by atoms with van der Waals surface area (Å²) in [7, 11) is 1.76. The highest BCUT2D eigenvalue weighted by Gasteiger charge is 2.05. The van der Waals surface area contributed by atoms with Crippen LogP contribution in [0.1, 0.15) is 20.3 Å². The van der Waals surface area contributed by atoms with Gasteiger partial charge < -0.3 is 15.4 Å². The van der Waals surface area contributed by atoms with Crippen molar-refractivity contribution in [2.24, 2.45) is 4.99 Å². The standard InChI is InChI=1S/C14H22ClN3O/c1-4-9-17-14(16-3)18-10-11(2)19-13-7-5-12(15)6-8-13/h5-8,11H,4,9-10H2,1-3H3,(H2,16,17,18).